The number of nitrogens with zero attached hydrogens (tertiary/aromatic N) is 1. The average Bonchev–Trinajstić information content (AvgIpc) is 2.33. The van der Waals surface area contributed by atoms with Gasteiger partial charge in [0.1, 0.15) is 0 Å². The number of fused-ring (bicyclic) bond motifs is 1. The van der Waals surface area contributed by atoms with Gasteiger partial charge in [0.05, 0.1) is 0 Å². The Labute approximate surface area is 72.7 Å². The summed E-state index contributed by atoms with van der Waals surface area (Å²) >= 11 is 0. The van der Waals surface area contributed by atoms with Crippen molar-refractivity contribution in [1.82, 2.24) is 10.2 Å². The number of hydrogen-bond donors (Lipinski definition) is 1. The van der Waals surface area contributed by atoms with Gasteiger partial charge in [0.25, 0.3) is 0 Å². The third kappa shape index (κ3) is 1.52. The first-order valence-electron chi connectivity index (χ1n) is 3.91. The summed E-state index contributed by atoms with van der Waals surface area (Å²) in [6, 6.07) is 0.888. The van der Waals surface area contributed by atoms with Gasteiger partial charge in [0.2, 0.25) is 0 Å². The fourth-order valence-corrected chi connectivity index (χ4v) is 1.91. The highest BCUT2D eigenvalue weighted by molar-refractivity contribution is 8.93. The summed E-state index contributed by atoms with van der Waals surface area (Å²) in [5.41, 5.74) is 0. The molecule has 0 amide bonds. The van der Waals surface area contributed by atoms with Crippen LogP contribution < -0.4 is 5.32 Å². The molecule has 1 atom stereocenters. The molecule has 2 aliphatic heterocycles. The van der Waals surface area contributed by atoms with Crippen molar-refractivity contribution in [2.45, 2.75) is 18.9 Å². The summed E-state index contributed by atoms with van der Waals surface area (Å²) in [6.07, 6.45) is 2.85. The van der Waals surface area contributed by atoms with E-state index in [1.54, 1.807) is 0 Å². The molecule has 0 radical (unpaired) electrons. The largest absolute Gasteiger partial charge is 0.314 e. The molecule has 0 aliphatic carbocycles. The van der Waals surface area contributed by atoms with E-state index < -0.39 is 0 Å². The van der Waals surface area contributed by atoms with Crippen molar-refractivity contribution in [3.8, 4) is 0 Å². The lowest BCUT2D eigenvalue weighted by atomic mass is 10.2. The summed E-state index contributed by atoms with van der Waals surface area (Å²) in [7, 11) is 0. The van der Waals surface area contributed by atoms with E-state index in [1.165, 1.54) is 39.0 Å². The molecule has 1 unspecified atom stereocenters. The van der Waals surface area contributed by atoms with Crippen LogP contribution in [0, 0.1) is 0 Å². The first-order chi connectivity index (χ1) is 4.47. The van der Waals surface area contributed by atoms with Crippen molar-refractivity contribution in [2.24, 2.45) is 0 Å². The topological polar surface area (TPSA) is 15.3 Å². The van der Waals surface area contributed by atoms with Gasteiger partial charge in [-0.2, -0.15) is 0 Å². The van der Waals surface area contributed by atoms with Crippen LogP contribution in [0.25, 0.3) is 0 Å². The lowest BCUT2D eigenvalue weighted by Gasteiger charge is -2.29. The molecule has 0 saturated carbocycles. The zero-order valence-electron chi connectivity index (χ0n) is 6.18. The molecule has 2 saturated heterocycles. The normalized spacial score (nSPS) is 33.0. The molecule has 0 spiro atoms. The maximum Gasteiger partial charge on any atom is 0.0221 e. The van der Waals surface area contributed by atoms with Crippen LogP contribution in [0.5, 0.6) is 0 Å². The summed E-state index contributed by atoms with van der Waals surface area (Å²) in [5.74, 6) is 0. The molecule has 1 N–H and O–H groups in total. The number of rotatable bonds is 0. The Morgan fingerprint density at radius 1 is 1.30 bits per heavy atom. The minimum Gasteiger partial charge on any atom is -0.314 e. The fraction of sp³-hybridized carbons (Fsp3) is 1.00. The number of nitrogens with one attached hydrogen (secondary N) is 1. The summed E-state index contributed by atoms with van der Waals surface area (Å²) in [6.45, 7) is 5.08. The molecular weight excluding hydrogens is 192 g/mol. The molecule has 2 rings (SSSR count). The Morgan fingerprint density at radius 2 is 2.20 bits per heavy atom. The second kappa shape index (κ2) is 3.69. The van der Waals surface area contributed by atoms with Gasteiger partial charge in [-0.1, -0.05) is 0 Å². The van der Waals surface area contributed by atoms with E-state index in [4.69, 9.17) is 0 Å². The number of hydrogen-bond acceptors (Lipinski definition) is 2. The zero-order valence-corrected chi connectivity index (χ0v) is 7.89. The smallest absolute Gasteiger partial charge is 0.0221 e. The van der Waals surface area contributed by atoms with E-state index in [-0.39, 0.29) is 17.0 Å². The van der Waals surface area contributed by atoms with Crippen LogP contribution in [-0.4, -0.2) is 37.1 Å². The molecular formula is C7H15BrN2. The Kier molecular flexibility index (Phi) is 3.14. The van der Waals surface area contributed by atoms with Crippen LogP contribution in [0.3, 0.4) is 0 Å². The van der Waals surface area contributed by atoms with Crippen molar-refractivity contribution in [3.63, 3.8) is 0 Å². The average molecular weight is 207 g/mol. The molecule has 3 heteroatoms. The van der Waals surface area contributed by atoms with Crippen LogP contribution in [-0.2, 0) is 0 Å². The molecule has 0 aromatic heterocycles. The van der Waals surface area contributed by atoms with Crippen molar-refractivity contribution in [2.75, 3.05) is 26.2 Å². The SMILES string of the molecule is Br.C1CC2CNCCN2C1. The molecule has 2 heterocycles. The van der Waals surface area contributed by atoms with Gasteiger partial charge in [-0.25, -0.2) is 0 Å². The summed E-state index contributed by atoms with van der Waals surface area (Å²) < 4.78 is 0. The maximum absolute atomic E-state index is 3.41. The van der Waals surface area contributed by atoms with E-state index >= 15 is 0 Å². The predicted molar refractivity (Wildman–Crippen MR) is 47.8 cm³/mol. The van der Waals surface area contributed by atoms with Crippen molar-refractivity contribution < 1.29 is 0 Å². The molecule has 0 aromatic carbocycles. The first-order valence-corrected chi connectivity index (χ1v) is 3.91. The van der Waals surface area contributed by atoms with E-state index in [2.05, 4.69) is 10.2 Å². The van der Waals surface area contributed by atoms with Crippen molar-refractivity contribution in [1.29, 1.82) is 0 Å². The molecule has 2 fully saturated rings. The molecule has 60 valence electrons. The Bertz CT molecular complexity index is 95.8. The quantitative estimate of drug-likeness (QED) is 0.626. The second-order valence-corrected chi connectivity index (χ2v) is 3.04. The molecule has 2 nitrogen and oxygen atoms in total. The lowest BCUT2D eigenvalue weighted by molar-refractivity contribution is 0.212. The monoisotopic (exact) mass is 206 g/mol. The highest BCUT2D eigenvalue weighted by Gasteiger charge is 2.25. The summed E-state index contributed by atoms with van der Waals surface area (Å²) in [4.78, 5) is 2.61. The van der Waals surface area contributed by atoms with Gasteiger partial charge >= 0.3 is 0 Å². The zero-order chi connectivity index (χ0) is 6.10. The van der Waals surface area contributed by atoms with Gasteiger partial charge in [-0.15, -0.1) is 17.0 Å². The van der Waals surface area contributed by atoms with Gasteiger partial charge in [0, 0.05) is 25.7 Å². The van der Waals surface area contributed by atoms with E-state index in [0.717, 1.165) is 6.04 Å². The summed E-state index contributed by atoms with van der Waals surface area (Å²) in [5, 5.41) is 3.41. The first kappa shape index (κ1) is 8.50. The lowest BCUT2D eigenvalue weighted by Crippen LogP contribution is -2.47. The standard InChI is InChI=1S/C7H14N2.BrH/c1-2-7-6-8-3-5-9(7)4-1;/h7-8H,1-6H2;1H. The van der Waals surface area contributed by atoms with E-state index in [9.17, 15) is 0 Å². The predicted octanol–water partition coefficient (Wildman–Crippen LogP) is 0.632. The second-order valence-electron chi connectivity index (χ2n) is 3.04. The van der Waals surface area contributed by atoms with Gasteiger partial charge < -0.3 is 5.32 Å². The maximum atomic E-state index is 3.41. The van der Waals surface area contributed by atoms with Crippen LogP contribution >= 0.6 is 17.0 Å². The third-order valence-corrected chi connectivity index (χ3v) is 2.45. The third-order valence-electron chi connectivity index (χ3n) is 2.45. The molecule has 0 bridgehead atoms. The van der Waals surface area contributed by atoms with Gasteiger partial charge in [-0.3, -0.25) is 4.90 Å². The Hall–Kier alpha value is 0.400. The Balaban J connectivity index is 0.000000500. The number of piperazine rings is 1. The van der Waals surface area contributed by atoms with Crippen molar-refractivity contribution >= 4 is 17.0 Å². The van der Waals surface area contributed by atoms with E-state index in [1.807, 2.05) is 0 Å². The van der Waals surface area contributed by atoms with Crippen LogP contribution in [0.15, 0.2) is 0 Å². The molecule has 0 aromatic rings. The van der Waals surface area contributed by atoms with Gasteiger partial charge in [-0.05, 0) is 19.4 Å². The van der Waals surface area contributed by atoms with Crippen LogP contribution in [0.4, 0.5) is 0 Å². The van der Waals surface area contributed by atoms with Crippen molar-refractivity contribution in [3.05, 3.63) is 0 Å². The van der Waals surface area contributed by atoms with Crippen LogP contribution in [0.2, 0.25) is 0 Å². The minimum absolute atomic E-state index is 0. The molecule has 2 aliphatic rings. The van der Waals surface area contributed by atoms with Crippen LogP contribution in [0.1, 0.15) is 12.8 Å². The minimum atomic E-state index is 0. The number of halogens is 1. The van der Waals surface area contributed by atoms with E-state index in [0.29, 0.717) is 0 Å². The fourth-order valence-electron chi connectivity index (χ4n) is 1.91. The highest BCUT2D eigenvalue weighted by Crippen LogP contribution is 2.17. The van der Waals surface area contributed by atoms with Gasteiger partial charge in [0.15, 0.2) is 0 Å². The Morgan fingerprint density at radius 3 is 3.00 bits per heavy atom. The molecule has 10 heavy (non-hydrogen) atoms. The highest BCUT2D eigenvalue weighted by atomic mass is 79.9.